The van der Waals surface area contributed by atoms with Crippen LogP contribution in [0.1, 0.15) is 24.0 Å². The monoisotopic (exact) mass is 378 g/mol. The van der Waals surface area contributed by atoms with Gasteiger partial charge in [0, 0.05) is 24.0 Å². The third-order valence-electron chi connectivity index (χ3n) is 6.62. The minimum absolute atomic E-state index is 0.213. The van der Waals surface area contributed by atoms with Crippen LogP contribution in [0.2, 0.25) is 0 Å². The van der Waals surface area contributed by atoms with Crippen LogP contribution in [0.4, 0.5) is 0 Å². The first-order valence-corrected chi connectivity index (χ1v) is 9.72. The Morgan fingerprint density at radius 2 is 1.50 bits per heavy atom. The fourth-order valence-corrected chi connectivity index (χ4v) is 4.81. The van der Waals surface area contributed by atoms with Gasteiger partial charge < -0.3 is 19.1 Å². The molecule has 5 heteroatoms. The molecule has 1 N–H and O–H groups in total. The molecule has 1 saturated heterocycles. The number of quaternary nitrogens is 1. The van der Waals surface area contributed by atoms with Gasteiger partial charge in [-0.3, -0.25) is 0 Å². The number of carbonyl (C=O) groups excluding carboxylic acids is 1. The molecule has 2 bridgehead atoms. The molecule has 28 heavy (non-hydrogen) atoms. The highest BCUT2D eigenvalue weighted by Crippen LogP contribution is 2.47. The van der Waals surface area contributed by atoms with Gasteiger partial charge in [0.05, 0.1) is 14.1 Å². The van der Waals surface area contributed by atoms with Gasteiger partial charge in [-0.2, -0.15) is 0 Å². The van der Waals surface area contributed by atoms with E-state index < -0.39 is 11.6 Å². The first kappa shape index (κ1) is 17.5. The summed E-state index contributed by atoms with van der Waals surface area (Å²) >= 11 is 0. The number of esters is 1. The zero-order valence-electron chi connectivity index (χ0n) is 16.0. The van der Waals surface area contributed by atoms with Gasteiger partial charge in [0.1, 0.15) is 29.7 Å². The summed E-state index contributed by atoms with van der Waals surface area (Å²) in [6.07, 6.45) is 5.77. The molecule has 1 fully saturated rings. The molecule has 2 aromatic rings. The quantitative estimate of drug-likeness (QED) is 0.496. The van der Waals surface area contributed by atoms with Crippen molar-refractivity contribution in [2.75, 3.05) is 14.1 Å². The summed E-state index contributed by atoms with van der Waals surface area (Å²) < 4.78 is 12.7. The van der Waals surface area contributed by atoms with E-state index in [1.54, 1.807) is 36.4 Å². The van der Waals surface area contributed by atoms with Crippen LogP contribution in [-0.2, 0) is 15.1 Å². The number of ether oxygens (including phenoxy) is 2. The van der Waals surface area contributed by atoms with Crippen molar-refractivity contribution in [1.82, 2.24) is 0 Å². The molecular weight excluding hydrogens is 354 g/mol. The first-order valence-electron chi connectivity index (χ1n) is 9.72. The average Bonchev–Trinajstić information content (AvgIpc) is 2.85. The van der Waals surface area contributed by atoms with E-state index in [0.717, 1.165) is 17.3 Å². The zero-order chi connectivity index (χ0) is 19.5. The SMILES string of the molecule is C[N+]1(C)C2C=CC1CC(OC(=O)C1(O)c3ccccc3Oc3ccccc31)C2. The molecule has 3 heterocycles. The van der Waals surface area contributed by atoms with Crippen LogP contribution < -0.4 is 4.74 Å². The van der Waals surface area contributed by atoms with Crippen LogP contribution in [-0.4, -0.2) is 47.8 Å². The number of likely N-dealkylation sites (N-methyl/N-ethyl adjacent to an activating group) is 1. The smallest absolute Gasteiger partial charge is 0.348 e. The largest absolute Gasteiger partial charge is 0.459 e. The number of benzene rings is 2. The maximum Gasteiger partial charge on any atom is 0.348 e. The van der Waals surface area contributed by atoms with Crippen molar-refractivity contribution >= 4 is 5.97 Å². The molecule has 5 nitrogen and oxygen atoms in total. The molecule has 0 spiro atoms. The highest BCUT2D eigenvalue weighted by molar-refractivity contribution is 5.88. The standard InChI is InChI=1S/C23H24NO4/c1-24(2)15-11-12-16(24)14-17(13-15)27-22(25)23(26)18-7-3-5-9-20(18)28-21-10-6-4-8-19(21)23/h3-12,15-17,26H,13-14H2,1-2H3/q+1. The van der Waals surface area contributed by atoms with E-state index in [4.69, 9.17) is 9.47 Å². The highest BCUT2D eigenvalue weighted by atomic mass is 16.6. The van der Waals surface area contributed by atoms with Gasteiger partial charge in [0.2, 0.25) is 5.60 Å². The Kier molecular flexibility index (Phi) is 3.70. The molecule has 144 valence electrons. The number of carbonyl (C=O) groups is 1. The Hall–Kier alpha value is -2.63. The molecule has 2 unspecified atom stereocenters. The topological polar surface area (TPSA) is 55.8 Å². The number of nitrogens with zero attached hydrogens (tertiary/aromatic N) is 1. The van der Waals surface area contributed by atoms with Crippen LogP contribution in [0, 0.1) is 0 Å². The molecular formula is C23H24NO4+. The minimum Gasteiger partial charge on any atom is -0.459 e. The highest BCUT2D eigenvalue weighted by Gasteiger charge is 2.51. The Morgan fingerprint density at radius 1 is 1.00 bits per heavy atom. The van der Waals surface area contributed by atoms with Gasteiger partial charge in [0.25, 0.3) is 0 Å². The minimum atomic E-state index is -1.88. The molecule has 0 amide bonds. The molecule has 3 aliphatic heterocycles. The third kappa shape index (κ3) is 2.36. The maximum absolute atomic E-state index is 13.4. The van der Waals surface area contributed by atoms with E-state index in [9.17, 15) is 9.90 Å². The maximum atomic E-state index is 13.4. The number of piperidine rings is 1. The number of aliphatic hydroxyl groups is 1. The number of hydrogen-bond acceptors (Lipinski definition) is 4. The Labute approximate surface area is 164 Å². The lowest BCUT2D eigenvalue weighted by molar-refractivity contribution is -0.926. The van der Waals surface area contributed by atoms with Gasteiger partial charge in [0.15, 0.2) is 0 Å². The van der Waals surface area contributed by atoms with Gasteiger partial charge >= 0.3 is 5.97 Å². The normalized spacial score (nSPS) is 28.0. The molecule has 0 aliphatic carbocycles. The van der Waals surface area contributed by atoms with E-state index in [0.29, 0.717) is 34.7 Å². The summed E-state index contributed by atoms with van der Waals surface area (Å²) in [6.45, 7) is 0. The number of fused-ring (bicyclic) bond motifs is 4. The van der Waals surface area contributed by atoms with Gasteiger partial charge in [-0.15, -0.1) is 0 Å². The average molecular weight is 378 g/mol. The first-order chi connectivity index (χ1) is 13.4. The van der Waals surface area contributed by atoms with E-state index >= 15 is 0 Å². The molecule has 0 aromatic heterocycles. The van der Waals surface area contributed by atoms with E-state index in [2.05, 4.69) is 26.2 Å². The lowest BCUT2D eigenvalue weighted by Gasteiger charge is -2.44. The van der Waals surface area contributed by atoms with Crippen molar-refractivity contribution in [3.8, 4) is 11.5 Å². The summed E-state index contributed by atoms with van der Waals surface area (Å²) in [5, 5.41) is 11.7. The van der Waals surface area contributed by atoms with Crippen LogP contribution in [0.15, 0.2) is 60.7 Å². The summed E-state index contributed by atoms with van der Waals surface area (Å²) in [5.74, 6) is 0.319. The van der Waals surface area contributed by atoms with Crippen molar-refractivity contribution in [2.45, 2.75) is 36.6 Å². The van der Waals surface area contributed by atoms with Crippen LogP contribution in [0.3, 0.4) is 0 Å². The van der Waals surface area contributed by atoms with Crippen LogP contribution >= 0.6 is 0 Å². The van der Waals surface area contributed by atoms with E-state index in [1.807, 2.05) is 12.1 Å². The number of hydrogen-bond donors (Lipinski definition) is 1. The van der Waals surface area contributed by atoms with Gasteiger partial charge in [-0.25, -0.2) is 4.79 Å². The van der Waals surface area contributed by atoms with Gasteiger partial charge in [-0.1, -0.05) is 36.4 Å². The predicted molar refractivity (Wildman–Crippen MR) is 104 cm³/mol. The summed E-state index contributed by atoms with van der Waals surface area (Å²) in [5.41, 5.74) is -1.03. The summed E-state index contributed by atoms with van der Waals surface area (Å²) in [6, 6.07) is 14.9. The van der Waals surface area contributed by atoms with Crippen molar-refractivity contribution in [3.63, 3.8) is 0 Å². The molecule has 2 aromatic carbocycles. The number of rotatable bonds is 2. The summed E-state index contributed by atoms with van der Waals surface area (Å²) in [4.78, 5) is 13.4. The molecule has 2 atom stereocenters. The zero-order valence-corrected chi connectivity index (χ0v) is 16.0. The second kappa shape index (κ2) is 5.93. The van der Waals surface area contributed by atoms with Crippen molar-refractivity contribution in [3.05, 3.63) is 71.8 Å². The molecule has 5 rings (SSSR count). The van der Waals surface area contributed by atoms with Crippen molar-refractivity contribution in [1.29, 1.82) is 0 Å². The van der Waals surface area contributed by atoms with E-state index in [-0.39, 0.29) is 6.10 Å². The van der Waals surface area contributed by atoms with Crippen molar-refractivity contribution in [2.24, 2.45) is 0 Å². The number of para-hydroxylation sites is 2. The second-order valence-electron chi connectivity index (χ2n) is 8.45. The molecule has 3 aliphatic rings. The second-order valence-corrected chi connectivity index (χ2v) is 8.45. The van der Waals surface area contributed by atoms with E-state index in [1.165, 1.54) is 0 Å². The Morgan fingerprint density at radius 3 is 2.04 bits per heavy atom. The summed E-state index contributed by atoms with van der Waals surface area (Å²) in [7, 11) is 4.43. The molecule has 0 saturated carbocycles. The predicted octanol–water partition coefficient (Wildman–Crippen LogP) is 3.12. The van der Waals surface area contributed by atoms with Gasteiger partial charge in [-0.05, 0) is 24.3 Å². The third-order valence-corrected chi connectivity index (χ3v) is 6.62. The molecule has 0 radical (unpaired) electrons. The van der Waals surface area contributed by atoms with Crippen LogP contribution in [0.25, 0.3) is 0 Å². The Balaban J connectivity index is 1.48. The lowest BCUT2D eigenvalue weighted by atomic mass is 9.83. The Bertz CT molecular complexity index is 917. The van der Waals surface area contributed by atoms with Crippen LogP contribution in [0.5, 0.6) is 11.5 Å². The lowest BCUT2D eigenvalue weighted by Crippen LogP contribution is -2.57. The fourth-order valence-electron chi connectivity index (χ4n) is 4.81. The van der Waals surface area contributed by atoms with Crippen molar-refractivity contribution < 1.29 is 23.9 Å². The fraction of sp³-hybridized carbons (Fsp3) is 0.348.